The van der Waals surface area contributed by atoms with Crippen LogP contribution in [-0.4, -0.2) is 48.2 Å². The molecule has 0 radical (unpaired) electrons. The Morgan fingerprint density at radius 2 is 1.56 bits per heavy atom. The zero-order chi connectivity index (χ0) is 17.6. The van der Waals surface area contributed by atoms with E-state index in [-0.39, 0.29) is 11.6 Å². The van der Waals surface area contributed by atoms with Crippen LogP contribution in [0, 0.1) is 0 Å². The molecule has 1 aliphatic heterocycles. The molecule has 2 amide bonds. The van der Waals surface area contributed by atoms with Crippen LogP contribution in [0.15, 0.2) is 54.6 Å². The molecule has 0 bridgehead atoms. The maximum absolute atomic E-state index is 12.3. The van der Waals surface area contributed by atoms with Gasteiger partial charge in [0.25, 0.3) is 0 Å². The van der Waals surface area contributed by atoms with Crippen molar-refractivity contribution in [1.82, 2.24) is 10.2 Å². The summed E-state index contributed by atoms with van der Waals surface area (Å²) in [5.74, 6) is -0.925. The number of anilines is 1. The summed E-state index contributed by atoms with van der Waals surface area (Å²) in [6, 6.07) is 16.6. The largest absolute Gasteiger partial charge is 0.478 e. The summed E-state index contributed by atoms with van der Waals surface area (Å²) < 4.78 is 0. The number of piperazine rings is 1. The second kappa shape index (κ2) is 7.70. The average Bonchev–Trinajstić information content (AvgIpc) is 2.67. The lowest BCUT2D eigenvalue weighted by atomic mass is 10.2. The van der Waals surface area contributed by atoms with E-state index in [9.17, 15) is 9.59 Å². The van der Waals surface area contributed by atoms with Crippen LogP contribution in [0.25, 0.3) is 0 Å². The second-order valence-corrected chi connectivity index (χ2v) is 5.97. The highest BCUT2D eigenvalue weighted by Gasteiger charge is 2.21. The molecule has 2 aromatic rings. The minimum absolute atomic E-state index is 0.0512. The highest BCUT2D eigenvalue weighted by atomic mass is 16.4. The van der Waals surface area contributed by atoms with Crippen LogP contribution in [0.3, 0.4) is 0 Å². The first-order valence-corrected chi connectivity index (χ1v) is 8.28. The Morgan fingerprint density at radius 3 is 2.16 bits per heavy atom. The third-order valence-corrected chi connectivity index (χ3v) is 4.33. The monoisotopic (exact) mass is 339 g/mol. The third kappa shape index (κ3) is 4.29. The van der Waals surface area contributed by atoms with E-state index in [1.165, 1.54) is 0 Å². The van der Waals surface area contributed by atoms with Crippen molar-refractivity contribution in [3.63, 3.8) is 0 Å². The van der Waals surface area contributed by atoms with Gasteiger partial charge in [0.1, 0.15) is 0 Å². The smallest absolute Gasteiger partial charge is 0.335 e. The summed E-state index contributed by atoms with van der Waals surface area (Å²) in [6.07, 6.45) is 0. The van der Waals surface area contributed by atoms with Crippen LogP contribution in [0.4, 0.5) is 10.5 Å². The van der Waals surface area contributed by atoms with Crippen LogP contribution < -0.4 is 10.2 Å². The quantitative estimate of drug-likeness (QED) is 0.897. The summed E-state index contributed by atoms with van der Waals surface area (Å²) in [7, 11) is 0. The molecule has 0 aliphatic carbocycles. The first kappa shape index (κ1) is 16.8. The van der Waals surface area contributed by atoms with Crippen LogP contribution in [0.1, 0.15) is 15.9 Å². The minimum Gasteiger partial charge on any atom is -0.478 e. The first-order valence-electron chi connectivity index (χ1n) is 8.28. The molecule has 1 heterocycles. The number of hydrogen-bond donors (Lipinski definition) is 2. The van der Waals surface area contributed by atoms with Gasteiger partial charge in [0.2, 0.25) is 0 Å². The van der Waals surface area contributed by atoms with Gasteiger partial charge in [-0.25, -0.2) is 9.59 Å². The average molecular weight is 339 g/mol. The molecule has 2 N–H and O–H groups in total. The van der Waals surface area contributed by atoms with E-state index in [1.807, 2.05) is 47.4 Å². The second-order valence-electron chi connectivity index (χ2n) is 5.97. The van der Waals surface area contributed by atoms with Crippen LogP contribution in [-0.2, 0) is 6.54 Å². The van der Waals surface area contributed by atoms with Gasteiger partial charge in [0.05, 0.1) is 5.56 Å². The number of rotatable bonds is 4. The van der Waals surface area contributed by atoms with E-state index in [4.69, 9.17) is 5.11 Å². The Labute approximate surface area is 146 Å². The summed E-state index contributed by atoms with van der Waals surface area (Å²) in [5.41, 5.74) is 2.34. The normalized spacial score (nSPS) is 14.2. The fourth-order valence-corrected chi connectivity index (χ4v) is 2.87. The maximum atomic E-state index is 12.3. The van der Waals surface area contributed by atoms with E-state index < -0.39 is 5.97 Å². The zero-order valence-corrected chi connectivity index (χ0v) is 13.9. The number of carboxylic acid groups (broad SMARTS) is 1. The van der Waals surface area contributed by atoms with Crippen molar-refractivity contribution < 1.29 is 14.7 Å². The molecule has 6 heteroatoms. The summed E-state index contributed by atoms with van der Waals surface area (Å²) in [6.45, 7) is 3.26. The zero-order valence-electron chi connectivity index (χ0n) is 13.9. The SMILES string of the molecule is O=C(O)c1ccc(N2CCN(C(=O)NCc3ccccc3)CC2)cc1. The van der Waals surface area contributed by atoms with Gasteiger partial charge in [0.15, 0.2) is 0 Å². The number of benzene rings is 2. The van der Waals surface area contributed by atoms with Gasteiger partial charge in [-0.2, -0.15) is 0 Å². The standard InChI is InChI=1S/C19H21N3O3/c23-18(24)16-6-8-17(9-7-16)21-10-12-22(13-11-21)19(25)20-14-15-4-2-1-3-5-15/h1-9H,10-14H2,(H,20,25)(H,23,24). The van der Waals surface area contributed by atoms with Crippen molar-refractivity contribution in [3.8, 4) is 0 Å². The third-order valence-electron chi connectivity index (χ3n) is 4.33. The van der Waals surface area contributed by atoms with E-state index in [2.05, 4.69) is 10.2 Å². The van der Waals surface area contributed by atoms with Crippen LogP contribution >= 0.6 is 0 Å². The number of aromatic carboxylic acids is 1. The van der Waals surface area contributed by atoms with Gasteiger partial charge < -0.3 is 20.2 Å². The first-order chi connectivity index (χ1) is 12.1. The molecule has 0 unspecified atom stereocenters. The molecule has 3 rings (SSSR count). The topological polar surface area (TPSA) is 72.9 Å². The predicted molar refractivity (Wildman–Crippen MR) is 95.9 cm³/mol. The minimum atomic E-state index is -0.925. The Kier molecular flexibility index (Phi) is 5.18. The number of nitrogens with zero attached hydrogens (tertiary/aromatic N) is 2. The molecule has 1 saturated heterocycles. The van der Waals surface area contributed by atoms with E-state index >= 15 is 0 Å². The Bertz CT molecular complexity index is 723. The number of urea groups is 1. The molecular weight excluding hydrogens is 318 g/mol. The van der Waals surface area contributed by atoms with Crippen LogP contribution in [0.5, 0.6) is 0 Å². The molecule has 1 fully saturated rings. The number of carbonyl (C=O) groups excluding carboxylic acids is 1. The van der Waals surface area contributed by atoms with E-state index in [1.54, 1.807) is 12.1 Å². The molecule has 6 nitrogen and oxygen atoms in total. The van der Waals surface area contributed by atoms with Crippen molar-refractivity contribution in [1.29, 1.82) is 0 Å². The van der Waals surface area contributed by atoms with Crippen molar-refractivity contribution in [2.24, 2.45) is 0 Å². The van der Waals surface area contributed by atoms with Gasteiger partial charge in [-0.15, -0.1) is 0 Å². The summed E-state index contributed by atoms with van der Waals surface area (Å²) in [5, 5.41) is 11.9. The van der Waals surface area contributed by atoms with Crippen molar-refractivity contribution >= 4 is 17.7 Å². The predicted octanol–water partition coefficient (Wildman–Crippen LogP) is 2.42. The maximum Gasteiger partial charge on any atom is 0.335 e. The molecule has 0 spiro atoms. The van der Waals surface area contributed by atoms with Crippen molar-refractivity contribution in [3.05, 3.63) is 65.7 Å². The van der Waals surface area contributed by atoms with Gasteiger partial charge >= 0.3 is 12.0 Å². The van der Waals surface area contributed by atoms with E-state index in [0.29, 0.717) is 19.6 Å². The molecule has 0 aromatic heterocycles. The lowest BCUT2D eigenvalue weighted by molar-refractivity contribution is 0.0697. The molecule has 130 valence electrons. The lowest BCUT2D eigenvalue weighted by Crippen LogP contribution is -2.51. The lowest BCUT2D eigenvalue weighted by Gasteiger charge is -2.36. The Morgan fingerprint density at radius 1 is 0.920 bits per heavy atom. The van der Waals surface area contributed by atoms with Gasteiger partial charge in [0, 0.05) is 38.4 Å². The fraction of sp³-hybridized carbons (Fsp3) is 0.263. The summed E-state index contributed by atoms with van der Waals surface area (Å²) in [4.78, 5) is 27.1. The molecule has 25 heavy (non-hydrogen) atoms. The Hall–Kier alpha value is -3.02. The van der Waals surface area contributed by atoms with Crippen molar-refractivity contribution in [2.75, 3.05) is 31.1 Å². The molecular formula is C19H21N3O3. The number of carbonyl (C=O) groups is 2. The van der Waals surface area contributed by atoms with Crippen LogP contribution in [0.2, 0.25) is 0 Å². The van der Waals surface area contributed by atoms with Crippen molar-refractivity contribution in [2.45, 2.75) is 6.54 Å². The summed E-state index contributed by atoms with van der Waals surface area (Å²) >= 11 is 0. The molecule has 0 saturated carbocycles. The fourth-order valence-electron chi connectivity index (χ4n) is 2.87. The number of carboxylic acids is 1. The molecule has 1 aliphatic rings. The number of amides is 2. The number of hydrogen-bond acceptors (Lipinski definition) is 3. The van der Waals surface area contributed by atoms with Gasteiger partial charge in [-0.1, -0.05) is 30.3 Å². The van der Waals surface area contributed by atoms with Gasteiger partial charge in [-0.3, -0.25) is 0 Å². The Balaban J connectivity index is 1.49. The van der Waals surface area contributed by atoms with Gasteiger partial charge in [-0.05, 0) is 29.8 Å². The number of nitrogens with one attached hydrogen (secondary N) is 1. The molecule has 2 aromatic carbocycles. The highest BCUT2D eigenvalue weighted by Crippen LogP contribution is 2.17. The van der Waals surface area contributed by atoms with E-state index in [0.717, 1.165) is 24.3 Å². The highest BCUT2D eigenvalue weighted by molar-refractivity contribution is 5.88. The molecule has 0 atom stereocenters.